The predicted molar refractivity (Wildman–Crippen MR) is 58.8 cm³/mol. The number of hydrogen-bond acceptors (Lipinski definition) is 2. The van der Waals surface area contributed by atoms with Gasteiger partial charge >= 0.3 is 95.7 Å². The summed E-state index contributed by atoms with van der Waals surface area (Å²) in [5.41, 5.74) is 1.75. The molecule has 3 heteroatoms. The van der Waals surface area contributed by atoms with Gasteiger partial charge in [-0.15, -0.1) is 0 Å². The second kappa shape index (κ2) is 4.31. The van der Waals surface area contributed by atoms with Gasteiger partial charge < -0.3 is 0 Å². The summed E-state index contributed by atoms with van der Waals surface area (Å²) < 4.78 is 1.65. The summed E-state index contributed by atoms with van der Waals surface area (Å²) in [4.78, 5) is 4.35. The Morgan fingerprint density at radius 1 is 1.43 bits per heavy atom. The van der Waals surface area contributed by atoms with Gasteiger partial charge in [-0.05, 0) is 0 Å². The van der Waals surface area contributed by atoms with Gasteiger partial charge in [-0.3, -0.25) is 0 Å². The van der Waals surface area contributed by atoms with E-state index in [1.54, 1.807) is 6.20 Å². The first-order chi connectivity index (χ1) is 6.42. The molecule has 1 rings (SSSR count). The molecule has 1 heterocycles. The molecule has 0 aromatic carbocycles. The van der Waals surface area contributed by atoms with Crippen molar-refractivity contribution in [2.24, 2.45) is 0 Å². The number of aromatic nitrogens is 1. The van der Waals surface area contributed by atoms with E-state index in [1.165, 1.54) is 3.71 Å². The van der Waals surface area contributed by atoms with Crippen molar-refractivity contribution in [2.45, 2.75) is 31.1 Å². The van der Waals surface area contributed by atoms with Crippen LogP contribution in [0.15, 0.2) is 12.3 Å². The number of nitrogens with zero attached hydrogens (tertiary/aromatic N) is 2. The third-order valence-corrected chi connectivity index (χ3v) is 5.39. The fraction of sp³-hybridized carbons (Fsp3) is 0.455. The Hall–Kier alpha value is -0.561. The molecule has 2 radical (unpaired) electrons. The van der Waals surface area contributed by atoms with Crippen LogP contribution < -0.4 is 3.71 Å². The topological polar surface area (TPSA) is 36.7 Å². The third-order valence-electron chi connectivity index (χ3n) is 1.73. The summed E-state index contributed by atoms with van der Waals surface area (Å²) in [6, 6.07) is 4.22. The Bertz CT molecular complexity index is 372. The Labute approximate surface area is 95.6 Å². The summed E-state index contributed by atoms with van der Waals surface area (Å²) in [5.74, 6) is 0. The molecule has 0 aliphatic carbocycles. The Morgan fingerprint density at radius 2 is 2.07 bits per heavy atom. The van der Waals surface area contributed by atoms with Crippen molar-refractivity contribution in [3.8, 4) is 6.07 Å². The van der Waals surface area contributed by atoms with Crippen molar-refractivity contribution in [1.82, 2.24) is 4.98 Å². The molecule has 1 aromatic heterocycles. The summed E-state index contributed by atoms with van der Waals surface area (Å²) in [5, 5.41) is 8.77. The van der Waals surface area contributed by atoms with E-state index in [0.29, 0.717) is 8.99 Å². The molecular formula is C11H14N2Sn. The molecule has 0 N–H and O–H groups in total. The number of nitriles is 1. The average molecular weight is 293 g/mol. The minimum absolute atomic E-state index is 0.414. The van der Waals surface area contributed by atoms with E-state index >= 15 is 0 Å². The number of rotatable bonds is 1. The van der Waals surface area contributed by atoms with E-state index in [4.69, 9.17) is 5.26 Å². The molecule has 0 fully saturated rings. The molecular weight excluding hydrogens is 279 g/mol. The molecule has 0 aliphatic rings. The number of pyridine rings is 1. The summed E-state index contributed by atoms with van der Waals surface area (Å²) in [6.45, 7) is 8.75. The molecule has 0 saturated carbocycles. The second-order valence-electron chi connectivity index (χ2n) is 4.37. The van der Waals surface area contributed by atoms with Crippen molar-refractivity contribution in [3.63, 3.8) is 0 Å². The van der Waals surface area contributed by atoms with Gasteiger partial charge in [-0.2, -0.15) is 0 Å². The van der Waals surface area contributed by atoms with Crippen LogP contribution in [0.1, 0.15) is 31.9 Å². The normalized spacial score (nSPS) is 11.1. The quantitative estimate of drug-likeness (QED) is 0.740. The maximum atomic E-state index is 8.77. The van der Waals surface area contributed by atoms with E-state index in [1.807, 2.05) is 6.92 Å². The second-order valence-corrected chi connectivity index (χ2v) is 10.8. The van der Waals surface area contributed by atoms with Crippen LogP contribution in [-0.4, -0.2) is 26.1 Å². The van der Waals surface area contributed by atoms with Gasteiger partial charge in [0, 0.05) is 0 Å². The molecule has 14 heavy (non-hydrogen) atoms. The number of aryl methyl sites for hydroxylation is 1. The van der Waals surface area contributed by atoms with Gasteiger partial charge in [-0.25, -0.2) is 0 Å². The predicted octanol–water partition coefficient (Wildman–Crippen LogP) is 1.81. The zero-order chi connectivity index (χ0) is 10.8. The SMILES string of the molecule is Cc1c[c]([Sn][C](C)(C)C)ncc1C#N. The molecule has 1 aromatic rings. The van der Waals surface area contributed by atoms with E-state index in [9.17, 15) is 0 Å². The van der Waals surface area contributed by atoms with Crippen LogP contribution in [0.25, 0.3) is 0 Å². The van der Waals surface area contributed by atoms with E-state index in [-0.39, 0.29) is 0 Å². The van der Waals surface area contributed by atoms with Gasteiger partial charge in [0.2, 0.25) is 0 Å². The van der Waals surface area contributed by atoms with Crippen molar-refractivity contribution < 1.29 is 0 Å². The first-order valence-electron chi connectivity index (χ1n) is 4.57. The van der Waals surface area contributed by atoms with Crippen molar-refractivity contribution in [3.05, 3.63) is 23.4 Å². The van der Waals surface area contributed by atoms with Crippen LogP contribution in [0, 0.1) is 18.3 Å². The van der Waals surface area contributed by atoms with Crippen molar-refractivity contribution in [2.75, 3.05) is 0 Å². The fourth-order valence-corrected chi connectivity index (χ4v) is 4.51. The van der Waals surface area contributed by atoms with E-state index in [0.717, 1.165) is 5.56 Å². The van der Waals surface area contributed by atoms with Crippen LogP contribution in [0.5, 0.6) is 0 Å². The first-order valence-corrected chi connectivity index (χ1v) is 7.43. The van der Waals surface area contributed by atoms with E-state index in [2.05, 4.69) is 37.9 Å². The van der Waals surface area contributed by atoms with Crippen LogP contribution in [0.3, 0.4) is 0 Å². The molecule has 2 nitrogen and oxygen atoms in total. The van der Waals surface area contributed by atoms with E-state index < -0.39 is 21.1 Å². The summed E-state index contributed by atoms with van der Waals surface area (Å²) >= 11 is -0.626. The monoisotopic (exact) mass is 294 g/mol. The molecule has 0 bridgehead atoms. The molecule has 0 saturated heterocycles. The van der Waals surface area contributed by atoms with Crippen LogP contribution in [-0.2, 0) is 0 Å². The number of hydrogen-bond donors (Lipinski definition) is 0. The minimum atomic E-state index is -0.626. The molecule has 0 spiro atoms. The van der Waals surface area contributed by atoms with Crippen molar-refractivity contribution in [1.29, 1.82) is 5.26 Å². The van der Waals surface area contributed by atoms with Crippen LogP contribution in [0.4, 0.5) is 0 Å². The zero-order valence-electron chi connectivity index (χ0n) is 9.05. The first kappa shape index (κ1) is 11.5. The van der Waals surface area contributed by atoms with Gasteiger partial charge in [0.15, 0.2) is 0 Å². The Morgan fingerprint density at radius 3 is 2.50 bits per heavy atom. The summed E-state index contributed by atoms with van der Waals surface area (Å²) in [7, 11) is 0. The molecule has 0 unspecified atom stereocenters. The zero-order valence-corrected chi connectivity index (χ0v) is 11.9. The van der Waals surface area contributed by atoms with Gasteiger partial charge in [0.05, 0.1) is 0 Å². The molecule has 0 amide bonds. The standard InChI is InChI=1S/C7H5N2.C4H9.Sn/c1-6-2-3-9-5-7(6)4-8;1-4(2)3;/h2,5H,1H3;1-3H3;. The Kier molecular flexibility index (Phi) is 3.54. The van der Waals surface area contributed by atoms with Gasteiger partial charge in [0.1, 0.15) is 0 Å². The van der Waals surface area contributed by atoms with Gasteiger partial charge in [-0.1, -0.05) is 0 Å². The molecule has 72 valence electrons. The van der Waals surface area contributed by atoms with Crippen LogP contribution >= 0.6 is 0 Å². The summed E-state index contributed by atoms with van der Waals surface area (Å²) in [6.07, 6.45) is 1.71. The maximum absolute atomic E-state index is 8.77. The van der Waals surface area contributed by atoms with Crippen LogP contribution in [0.2, 0.25) is 3.43 Å². The molecule has 0 aliphatic heterocycles. The fourth-order valence-electron chi connectivity index (χ4n) is 1.13. The third kappa shape index (κ3) is 3.30. The Balaban J connectivity index is 2.94. The van der Waals surface area contributed by atoms with Crippen molar-refractivity contribution >= 4 is 24.9 Å². The van der Waals surface area contributed by atoms with Gasteiger partial charge in [0.25, 0.3) is 0 Å². The average Bonchev–Trinajstić information content (AvgIpc) is 2.01. The molecule has 0 atom stereocenters.